The zero-order valence-corrected chi connectivity index (χ0v) is 14.2. The predicted octanol–water partition coefficient (Wildman–Crippen LogP) is 4.95. The minimum atomic E-state index is 0.692. The van der Waals surface area contributed by atoms with Crippen LogP contribution in [-0.4, -0.2) is 17.8 Å². The van der Waals surface area contributed by atoms with Crippen LogP contribution in [0, 0.1) is 19.8 Å². The maximum atomic E-state index is 3.77. The topological polar surface area (TPSA) is 12.0 Å². The van der Waals surface area contributed by atoms with Crippen LogP contribution in [0.3, 0.4) is 0 Å². The molecule has 0 heterocycles. The highest BCUT2D eigenvalue weighted by molar-refractivity contribution is 8.00. The average molecular weight is 292 g/mol. The standard InChI is InChI=1S/C18H29NS/c1-5-10-19-16-8-6-14(3)12-18(16)20-17-9-7-13(2)11-15(17)4/h7,9,11,14,16,18-19H,5-6,8,10,12H2,1-4H3. The van der Waals surface area contributed by atoms with Gasteiger partial charge in [0, 0.05) is 16.2 Å². The fraction of sp³-hybridized carbons (Fsp3) is 0.667. The zero-order chi connectivity index (χ0) is 14.5. The van der Waals surface area contributed by atoms with E-state index in [1.807, 2.05) is 0 Å². The van der Waals surface area contributed by atoms with Gasteiger partial charge in [-0.05, 0) is 63.6 Å². The van der Waals surface area contributed by atoms with Crippen molar-refractivity contribution in [2.75, 3.05) is 6.54 Å². The molecule has 1 saturated carbocycles. The normalized spacial score (nSPS) is 26.7. The molecular formula is C18H29NS. The quantitative estimate of drug-likeness (QED) is 0.823. The highest BCUT2D eigenvalue weighted by Crippen LogP contribution is 2.37. The molecule has 2 heteroatoms. The summed E-state index contributed by atoms with van der Waals surface area (Å²) in [5.74, 6) is 0.873. The summed E-state index contributed by atoms with van der Waals surface area (Å²) in [7, 11) is 0. The second-order valence-corrected chi connectivity index (χ2v) is 7.69. The summed E-state index contributed by atoms with van der Waals surface area (Å²) in [5, 5.41) is 4.50. The first-order valence-corrected chi connectivity index (χ1v) is 8.95. The SMILES string of the molecule is CCCNC1CCC(C)CC1Sc1ccc(C)cc1C. The maximum Gasteiger partial charge on any atom is 0.0251 e. The molecule has 1 fully saturated rings. The lowest BCUT2D eigenvalue weighted by molar-refractivity contribution is 0.317. The molecule has 1 N–H and O–H groups in total. The fourth-order valence-corrected chi connectivity index (χ4v) is 4.66. The molecule has 1 nitrogen and oxygen atoms in total. The van der Waals surface area contributed by atoms with Crippen LogP contribution < -0.4 is 5.32 Å². The van der Waals surface area contributed by atoms with Crippen molar-refractivity contribution < 1.29 is 0 Å². The molecule has 0 radical (unpaired) electrons. The molecule has 2 rings (SSSR count). The monoisotopic (exact) mass is 291 g/mol. The summed E-state index contributed by atoms with van der Waals surface area (Å²) < 4.78 is 0. The molecule has 20 heavy (non-hydrogen) atoms. The molecule has 0 bridgehead atoms. The summed E-state index contributed by atoms with van der Waals surface area (Å²) in [6.45, 7) is 10.2. The maximum absolute atomic E-state index is 3.77. The van der Waals surface area contributed by atoms with Crippen LogP contribution in [0.15, 0.2) is 23.1 Å². The molecule has 0 amide bonds. The summed E-state index contributed by atoms with van der Waals surface area (Å²) in [6.07, 6.45) is 5.29. The van der Waals surface area contributed by atoms with Gasteiger partial charge < -0.3 is 5.32 Å². The van der Waals surface area contributed by atoms with Gasteiger partial charge in [0.1, 0.15) is 0 Å². The van der Waals surface area contributed by atoms with Gasteiger partial charge >= 0.3 is 0 Å². The Morgan fingerprint density at radius 1 is 1.25 bits per heavy atom. The number of thioether (sulfide) groups is 1. The molecule has 0 saturated heterocycles. The van der Waals surface area contributed by atoms with Crippen molar-refractivity contribution in [3.05, 3.63) is 29.3 Å². The Kier molecular flexibility index (Phi) is 5.98. The van der Waals surface area contributed by atoms with Crippen LogP contribution in [0.2, 0.25) is 0 Å². The highest BCUT2D eigenvalue weighted by Gasteiger charge is 2.29. The van der Waals surface area contributed by atoms with Crippen LogP contribution >= 0.6 is 11.8 Å². The molecule has 0 aromatic heterocycles. The molecule has 1 aliphatic rings. The molecule has 0 spiro atoms. The summed E-state index contributed by atoms with van der Waals surface area (Å²) in [5.41, 5.74) is 2.80. The Balaban J connectivity index is 2.06. The van der Waals surface area contributed by atoms with Crippen molar-refractivity contribution in [1.82, 2.24) is 5.32 Å². The van der Waals surface area contributed by atoms with E-state index < -0.39 is 0 Å². The fourth-order valence-electron chi connectivity index (χ4n) is 3.12. The van der Waals surface area contributed by atoms with E-state index in [-0.39, 0.29) is 0 Å². The first-order valence-electron chi connectivity index (χ1n) is 8.07. The Bertz CT molecular complexity index is 427. The second kappa shape index (κ2) is 7.51. The van der Waals surface area contributed by atoms with Crippen molar-refractivity contribution in [2.45, 2.75) is 69.6 Å². The van der Waals surface area contributed by atoms with Gasteiger partial charge in [0.2, 0.25) is 0 Å². The number of hydrogen-bond donors (Lipinski definition) is 1. The van der Waals surface area contributed by atoms with Gasteiger partial charge in [-0.1, -0.05) is 31.5 Å². The minimum Gasteiger partial charge on any atom is -0.313 e. The predicted molar refractivity (Wildman–Crippen MR) is 90.7 cm³/mol. The number of aryl methyl sites for hydroxylation is 2. The van der Waals surface area contributed by atoms with Crippen molar-refractivity contribution in [3.8, 4) is 0 Å². The van der Waals surface area contributed by atoms with E-state index in [1.54, 1.807) is 0 Å². The number of benzene rings is 1. The second-order valence-electron chi connectivity index (χ2n) is 6.40. The molecule has 1 aromatic rings. The van der Waals surface area contributed by atoms with Gasteiger partial charge in [-0.25, -0.2) is 0 Å². The average Bonchev–Trinajstić information content (AvgIpc) is 2.41. The summed E-state index contributed by atoms with van der Waals surface area (Å²) in [6, 6.07) is 7.56. The smallest absolute Gasteiger partial charge is 0.0251 e. The van der Waals surface area contributed by atoms with Crippen molar-refractivity contribution >= 4 is 11.8 Å². The Hall–Kier alpha value is -0.470. The van der Waals surface area contributed by atoms with E-state index in [4.69, 9.17) is 0 Å². The van der Waals surface area contributed by atoms with E-state index in [2.05, 4.69) is 63.0 Å². The highest BCUT2D eigenvalue weighted by atomic mass is 32.2. The molecule has 0 aliphatic heterocycles. The summed E-state index contributed by atoms with van der Waals surface area (Å²) in [4.78, 5) is 1.47. The van der Waals surface area contributed by atoms with Crippen LogP contribution in [0.1, 0.15) is 50.7 Å². The van der Waals surface area contributed by atoms with Crippen LogP contribution in [-0.2, 0) is 0 Å². The molecule has 1 aromatic carbocycles. The van der Waals surface area contributed by atoms with Gasteiger partial charge in [-0.2, -0.15) is 0 Å². The van der Waals surface area contributed by atoms with E-state index in [0.717, 1.165) is 17.7 Å². The largest absolute Gasteiger partial charge is 0.313 e. The van der Waals surface area contributed by atoms with Crippen molar-refractivity contribution in [2.24, 2.45) is 5.92 Å². The van der Waals surface area contributed by atoms with E-state index in [9.17, 15) is 0 Å². The van der Waals surface area contributed by atoms with E-state index in [0.29, 0.717) is 6.04 Å². The van der Waals surface area contributed by atoms with Crippen molar-refractivity contribution in [3.63, 3.8) is 0 Å². The third-order valence-corrected chi connectivity index (χ3v) is 5.85. The number of hydrogen-bond acceptors (Lipinski definition) is 2. The van der Waals surface area contributed by atoms with Gasteiger partial charge in [0.25, 0.3) is 0 Å². The lowest BCUT2D eigenvalue weighted by atomic mass is 9.87. The number of nitrogens with one attached hydrogen (secondary N) is 1. The molecule has 1 aliphatic carbocycles. The van der Waals surface area contributed by atoms with Gasteiger partial charge in [0.05, 0.1) is 0 Å². The Morgan fingerprint density at radius 3 is 2.75 bits per heavy atom. The molecule has 112 valence electrons. The first kappa shape index (κ1) is 15.9. The van der Waals surface area contributed by atoms with Gasteiger partial charge in [-0.15, -0.1) is 11.8 Å². The van der Waals surface area contributed by atoms with Gasteiger partial charge in [-0.3, -0.25) is 0 Å². The lowest BCUT2D eigenvalue weighted by Crippen LogP contribution is -2.42. The lowest BCUT2D eigenvalue weighted by Gasteiger charge is -2.35. The van der Waals surface area contributed by atoms with Gasteiger partial charge in [0.15, 0.2) is 0 Å². The Labute approximate surface area is 128 Å². The number of rotatable bonds is 5. The summed E-state index contributed by atoms with van der Waals surface area (Å²) >= 11 is 2.10. The molecule has 3 unspecified atom stereocenters. The third kappa shape index (κ3) is 4.26. The Morgan fingerprint density at radius 2 is 2.05 bits per heavy atom. The minimum absolute atomic E-state index is 0.692. The molecular weight excluding hydrogens is 262 g/mol. The third-order valence-electron chi connectivity index (χ3n) is 4.32. The van der Waals surface area contributed by atoms with Crippen LogP contribution in [0.25, 0.3) is 0 Å². The van der Waals surface area contributed by atoms with E-state index >= 15 is 0 Å². The van der Waals surface area contributed by atoms with Crippen LogP contribution in [0.4, 0.5) is 0 Å². The van der Waals surface area contributed by atoms with E-state index in [1.165, 1.54) is 41.7 Å². The van der Waals surface area contributed by atoms with Crippen LogP contribution in [0.5, 0.6) is 0 Å². The van der Waals surface area contributed by atoms with Crippen molar-refractivity contribution in [1.29, 1.82) is 0 Å². The first-order chi connectivity index (χ1) is 9.60. The molecule has 3 atom stereocenters. The zero-order valence-electron chi connectivity index (χ0n) is 13.4.